The van der Waals surface area contributed by atoms with E-state index in [4.69, 9.17) is 4.74 Å². The third kappa shape index (κ3) is 2.38. The van der Waals surface area contributed by atoms with E-state index < -0.39 is 0 Å². The lowest BCUT2D eigenvalue weighted by Crippen LogP contribution is -2.36. The van der Waals surface area contributed by atoms with Crippen molar-refractivity contribution >= 4 is 21.7 Å². The number of fused-ring (bicyclic) bond motifs is 2. The van der Waals surface area contributed by atoms with Crippen molar-refractivity contribution in [3.05, 3.63) is 82.3 Å². The number of hydrogen-bond acceptors (Lipinski definition) is 2. The van der Waals surface area contributed by atoms with Gasteiger partial charge in [-0.2, -0.15) is 0 Å². The van der Waals surface area contributed by atoms with Gasteiger partial charge in [-0.3, -0.25) is 4.79 Å². The van der Waals surface area contributed by atoms with E-state index in [1.807, 2.05) is 42.5 Å². The van der Waals surface area contributed by atoms with Crippen LogP contribution in [0.4, 0.5) is 0 Å². The second-order valence-electron chi connectivity index (χ2n) is 6.54. The van der Waals surface area contributed by atoms with Crippen molar-refractivity contribution in [3.63, 3.8) is 0 Å². The molecule has 2 aromatic carbocycles. The minimum atomic E-state index is -0.367. The van der Waals surface area contributed by atoms with E-state index >= 15 is 0 Å². The van der Waals surface area contributed by atoms with Crippen LogP contribution in [0.5, 0.6) is 0 Å². The number of hydrogen-bond donors (Lipinski definition) is 0. The molecular weight excluding hydrogens is 364 g/mol. The standard InChI is InChI=1S/C21H19BrO2/c1-2-21-13-12-17(24-21)18(20(23)15-6-4-3-5-7-15)19(21)14-8-10-16(22)11-9-14/h3-13,17-19H,2H2,1H3. The van der Waals surface area contributed by atoms with Crippen LogP contribution < -0.4 is 0 Å². The van der Waals surface area contributed by atoms with Crippen molar-refractivity contribution in [3.8, 4) is 0 Å². The number of Topliss-reactive ketones (excluding diaryl/α,β-unsaturated/α-hetero) is 1. The maximum absolute atomic E-state index is 13.2. The molecule has 1 fully saturated rings. The number of halogens is 1. The maximum atomic E-state index is 13.2. The first-order chi connectivity index (χ1) is 11.6. The van der Waals surface area contributed by atoms with Crippen molar-refractivity contribution in [2.45, 2.75) is 31.0 Å². The average Bonchev–Trinajstić information content (AvgIpc) is 3.19. The van der Waals surface area contributed by atoms with Gasteiger partial charge in [-0.1, -0.05) is 77.5 Å². The van der Waals surface area contributed by atoms with Gasteiger partial charge < -0.3 is 4.74 Å². The van der Waals surface area contributed by atoms with Crippen LogP contribution in [0.15, 0.2) is 71.2 Å². The van der Waals surface area contributed by atoms with Crippen LogP contribution in [0.25, 0.3) is 0 Å². The lowest BCUT2D eigenvalue weighted by molar-refractivity contribution is 0.0200. The number of carbonyl (C=O) groups excluding carboxylic acids is 1. The van der Waals surface area contributed by atoms with Gasteiger partial charge in [0.1, 0.15) is 0 Å². The van der Waals surface area contributed by atoms with Gasteiger partial charge in [-0.25, -0.2) is 0 Å². The van der Waals surface area contributed by atoms with Gasteiger partial charge in [0.25, 0.3) is 0 Å². The molecule has 3 heteroatoms. The molecule has 122 valence electrons. The van der Waals surface area contributed by atoms with Crippen LogP contribution in [0.1, 0.15) is 35.2 Å². The van der Waals surface area contributed by atoms with Gasteiger partial charge in [0.05, 0.1) is 17.6 Å². The Balaban J connectivity index is 1.79. The average molecular weight is 383 g/mol. The Kier molecular flexibility index (Phi) is 3.93. The van der Waals surface area contributed by atoms with Crippen LogP contribution in [-0.2, 0) is 4.74 Å². The summed E-state index contributed by atoms with van der Waals surface area (Å²) in [7, 11) is 0. The van der Waals surface area contributed by atoms with E-state index in [1.54, 1.807) is 0 Å². The molecule has 0 saturated carbocycles. The van der Waals surface area contributed by atoms with Crippen molar-refractivity contribution in [1.29, 1.82) is 0 Å². The van der Waals surface area contributed by atoms with E-state index in [0.29, 0.717) is 0 Å². The van der Waals surface area contributed by atoms with Crippen LogP contribution in [0.3, 0.4) is 0 Å². The monoisotopic (exact) mass is 382 g/mol. The Morgan fingerprint density at radius 2 is 1.83 bits per heavy atom. The molecule has 4 rings (SSSR count). The van der Waals surface area contributed by atoms with Crippen molar-refractivity contribution in [2.75, 3.05) is 0 Å². The highest BCUT2D eigenvalue weighted by Crippen LogP contribution is 2.54. The molecule has 0 aromatic heterocycles. The third-order valence-corrected chi connectivity index (χ3v) is 5.83. The van der Waals surface area contributed by atoms with Gasteiger partial charge in [0, 0.05) is 16.0 Å². The number of rotatable bonds is 4. The molecule has 2 aliphatic heterocycles. The number of benzene rings is 2. The quantitative estimate of drug-likeness (QED) is 0.539. The molecule has 0 spiro atoms. The highest BCUT2D eigenvalue weighted by molar-refractivity contribution is 9.10. The Morgan fingerprint density at radius 3 is 2.50 bits per heavy atom. The summed E-state index contributed by atoms with van der Waals surface area (Å²) in [5, 5.41) is 0. The summed E-state index contributed by atoms with van der Waals surface area (Å²) < 4.78 is 7.36. The van der Waals surface area contributed by atoms with Crippen LogP contribution in [-0.4, -0.2) is 17.5 Å². The second-order valence-corrected chi connectivity index (χ2v) is 7.45. The van der Waals surface area contributed by atoms with Crippen molar-refractivity contribution < 1.29 is 9.53 Å². The van der Waals surface area contributed by atoms with E-state index in [9.17, 15) is 4.79 Å². The summed E-state index contributed by atoms with van der Waals surface area (Å²) in [5.41, 5.74) is 1.56. The molecule has 0 aliphatic carbocycles. The zero-order valence-corrected chi connectivity index (χ0v) is 15.1. The smallest absolute Gasteiger partial charge is 0.169 e. The zero-order chi connectivity index (χ0) is 16.7. The maximum Gasteiger partial charge on any atom is 0.169 e. The first-order valence-corrected chi connectivity index (χ1v) is 9.16. The van der Waals surface area contributed by atoms with E-state index in [1.165, 1.54) is 5.56 Å². The van der Waals surface area contributed by atoms with E-state index in [2.05, 4.69) is 47.1 Å². The van der Waals surface area contributed by atoms with Crippen molar-refractivity contribution in [1.82, 2.24) is 0 Å². The van der Waals surface area contributed by atoms with Crippen LogP contribution >= 0.6 is 15.9 Å². The van der Waals surface area contributed by atoms with Crippen molar-refractivity contribution in [2.24, 2.45) is 5.92 Å². The summed E-state index contributed by atoms with van der Waals surface area (Å²) in [4.78, 5) is 13.2. The third-order valence-electron chi connectivity index (χ3n) is 5.31. The Labute approximate surface area is 150 Å². The minimum absolute atomic E-state index is 0.0540. The number of ether oxygens (including phenoxy) is 1. The molecule has 2 heterocycles. The minimum Gasteiger partial charge on any atom is -0.362 e. The first-order valence-electron chi connectivity index (χ1n) is 8.36. The topological polar surface area (TPSA) is 26.3 Å². The lowest BCUT2D eigenvalue weighted by atomic mass is 9.68. The molecule has 0 radical (unpaired) electrons. The Morgan fingerprint density at radius 1 is 1.12 bits per heavy atom. The summed E-state index contributed by atoms with van der Waals surface area (Å²) in [6.07, 6.45) is 4.97. The summed E-state index contributed by atoms with van der Waals surface area (Å²) in [6, 6.07) is 17.9. The van der Waals surface area contributed by atoms with Crippen LogP contribution in [0.2, 0.25) is 0 Å². The zero-order valence-electron chi connectivity index (χ0n) is 13.5. The lowest BCUT2D eigenvalue weighted by Gasteiger charge is -2.33. The summed E-state index contributed by atoms with van der Waals surface area (Å²) >= 11 is 3.49. The Hall–Kier alpha value is -1.71. The first kappa shape index (κ1) is 15.8. The predicted octanol–water partition coefficient (Wildman–Crippen LogP) is 5.15. The molecule has 2 nitrogen and oxygen atoms in total. The molecule has 2 bridgehead atoms. The van der Waals surface area contributed by atoms with Crippen LogP contribution in [0, 0.1) is 5.92 Å². The second kappa shape index (κ2) is 5.98. The molecule has 24 heavy (non-hydrogen) atoms. The Bertz CT molecular complexity index is 781. The molecule has 4 atom stereocenters. The van der Waals surface area contributed by atoms with Gasteiger partial charge >= 0.3 is 0 Å². The van der Waals surface area contributed by atoms with E-state index in [-0.39, 0.29) is 29.3 Å². The molecule has 4 unspecified atom stereocenters. The highest BCUT2D eigenvalue weighted by Gasteiger charge is 2.58. The predicted molar refractivity (Wildman–Crippen MR) is 98.2 cm³/mol. The molecule has 1 saturated heterocycles. The fraction of sp³-hybridized carbons (Fsp3) is 0.286. The normalized spacial score (nSPS) is 30.7. The largest absolute Gasteiger partial charge is 0.362 e. The fourth-order valence-electron chi connectivity index (χ4n) is 4.13. The summed E-state index contributed by atoms with van der Waals surface area (Å²) in [5.74, 6) is 0.0602. The van der Waals surface area contributed by atoms with Gasteiger partial charge in [0.15, 0.2) is 5.78 Å². The summed E-state index contributed by atoms with van der Waals surface area (Å²) in [6.45, 7) is 2.13. The van der Waals surface area contributed by atoms with Gasteiger partial charge in [0.2, 0.25) is 0 Å². The van der Waals surface area contributed by atoms with Gasteiger partial charge in [-0.15, -0.1) is 0 Å². The molecule has 2 aliphatic rings. The fourth-order valence-corrected chi connectivity index (χ4v) is 4.39. The SMILES string of the molecule is CCC12C=CC(O1)C(C(=O)c1ccccc1)C2c1ccc(Br)cc1. The molecular formula is C21H19BrO2. The van der Waals surface area contributed by atoms with Gasteiger partial charge in [-0.05, 0) is 24.1 Å². The molecule has 0 amide bonds. The molecule has 2 aromatic rings. The number of ketones is 1. The molecule has 0 N–H and O–H groups in total. The number of carbonyl (C=O) groups is 1. The van der Waals surface area contributed by atoms with E-state index in [0.717, 1.165) is 16.5 Å². The highest BCUT2D eigenvalue weighted by atomic mass is 79.9.